The summed E-state index contributed by atoms with van der Waals surface area (Å²) in [6.07, 6.45) is 3.56. The van der Waals surface area contributed by atoms with Crippen LogP contribution in [0.1, 0.15) is 35.7 Å². The molecule has 1 fully saturated rings. The van der Waals surface area contributed by atoms with Crippen molar-refractivity contribution in [3.8, 4) is 0 Å². The van der Waals surface area contributed by atoms with Gasteiger partial charge in [-0.15, -0.1) is 0 Å². The molecule has 1 N–H and O–H groups in total. The van der Waals surface area contributed by atoms with Gasteiger partial charge in [0.25, 0.3) is 0 Å². The number of aromatic amines is 1. The Morgan fingerprint density at radius 1 is 1.04 bits per heavy atom. The van der Waals surface area contributed by atoms with E-state index < -0.39 is 0 Å². The van der Waals surface area contributed by atoms with Crippen LogP contribution in [0.2, 0.25) is 0 Å². The second kappa shape index (κ2) is 6.78. The first-order valence-corrected chi connectivity index (χ1v) is 9.01. The molecular formula is C21H25N3. The SMILES string of the molecule is Cc1ccccc1CCN1CCC(c2nc3ccccc3[nH]2)CC1. The predicted octanol–water partition coefficient (Wildman–Crippen LogP) is 4.29. The zero-order valence-corrected chi connectivity index (χ0v) is 14.3. The highest BCUT2D eigenvalue weighted by molar-refractivity contribution is 5.74. The average Bonchev–Trinajstić information content (AvgIpc) is 3.06. The van der Waals surface area contributed by atoms with E-state index in [2.05, 4.69) is 65.3 Å². The molecule has 24 heavy (non-hydrogen) atoms. The van der Waals surface area contributed by atoms with E-state index in [9.17, 15) is 0 Å². The Morgan fingerprint density at radius 2 is 1.79 bits per heavy atom. The molecule has 3 heteroatoms. The molecule has 0 atom stereocenters. The number of hydrogen-bond acceptors (Lipinski definition) is 2. The highest BCUT2D eigenvalue weighted by Gasteiger charge is 2.22. The summed E-state index contributed by atoms with van der Waals surface area (Å²) in [6.45, 7) is 5.72. The Bertz CT molecular complexity index is 780. The lowest BCUT2D eigenvalue weighted by Gasteiger charge is -2.31. The smallest absolute Gasteiger partial charge is 0.110 e. The number of likely N-dealkylation sites (tertiary alicyclic amines) is 1. The van der Waals surface area contributed by atoms with Gasteiger partial charge in [0.2, 0.25) is 0 Å². The lowest BCUT2D eigenvalue weighted by atomic mass is 9.95. The number of H-pyrrole nitrogens is 1. The van der Waals surface area contributed by atoms with E-state index in [-0.39, 0.29) is 0 Å². The van der Waals surface area contributed by atoms with Crippen LogP contribution < -0.4 is 0 Å². The summed E-state index contributed by atoms with van der Waals surface area (Å²) in [7, 11) is 0. The van der Waals surface area contributed by atoms with Crippen LogP contribution in [-0.2, 0) is 6.42 Å². The van der Waals surface area contributed by atoms with E-state index in [4.69, 9.17) is 4.98 Å². The molecule has 1 aliphatic rings. The minimum Gasteiger partial charge on any atom is -0.342 e. The lowest BCUT2D eigenvalue weighted by molar-refractivity contribution is 0.212. The maximum atomic E-state index is 4.79. The molecule has 3 nitrogen and oxygen atoms in total. The van der Waals surface area contributed by atoms with Crippen molar-refractivity contribution in [2.45, 2.75) is 32.1 Å². The van der Waals surface area contributed by atoms with Crippen LogP contribution in [0, 0.1) is 6.92 Å². The van der Waals surface area contributed by atoms with Crippen LogP contribution in [-0.4, -0.2) is 34.5 Å². The summed E-state index contributed by atoms with van der Waals surface area (Å²) in [4.78, 5) is 10.9. The van der Waals surface area contributed by atoms with Crippen LogP contribution in [0.4, 0.5) is 0 Å². The van der Waals surface area contributed by atoms with Gasteiger partial charge in [0.05, 0.1) is 11.0 Å². The van der Waals surface area contributed by atoms with Crippen molar-refractivity contribution in [3.63, 3.8) is 0 Å². The molecule has 0 amide bonds. The van der Waals surface area contributed by atoms with Gasteiger partial charge in [-0.25, -0.2) is 4.98 Å². The molecule has 1 aromatic heterocycles. The number of hydrogen-bond donors (Lipinski definition) is 1. The molecule has 1 aliphatic heterocycles. The highest BCUT2D eigenvalue weighted by atomic mass is 15.1. The third-order valence-corrected chi connectivity index (χ3v) is 5.34. The monoisotopic (exact) mass is 319 g/mol. The van der Waals surface area contributed by atoms with Gasteiger partial charge in [-0.3, -0.25) is 0 Å². The Hall–Kier alpha value is -2.13. The summed E-state index contributed by atoms with van der Waals surface area (Å²) in [5.74, 6) is 1.75. The van der Waals surface area contributed by atoms with Crippen LogP contribution in [0.5, 0.6) is 0 Å². The number of aryl methyl sites for hydroxylation is 1. The van der Waals surface area contributed by atoms with Gasteiger partial charge in [-0.05, 0) is 62.5 Å². The van der Waals surface area contributed by atoms with Crippen LogP contribution in [0.25, 0.3) is 11.0 Å². The molecule has 0 aliphatic carbocycles. The fourth-order valence-corrected chi connectivity index (χ4v) is 3.77. The van der Waals surface area contributed by atoms with Crippen molar-refractivity contribution in [1.29, 1.82) is 0 Å². The molecule has 0 unspecified atom stereocenters. The molecule has 1 saturated heterocycles. The first-order chi connectivity index (χ1) is 11.8. The number of imidazole rings is 1. The van der Waals surface area contributed by atoms with E-state index in [0.29, 0.717) is 5.92 Å². The quantitative estimate of drug-likeness (QED) is 0.778. The fraction of sp³-hybridized carbons (Fsp3) is 0.381. The predicted molar refractivity (Wildman–Crippen MR) is 99.4 cm³/mol. The number of nitrogens with one attached hydrogen (secondary N) is 1. The molecule has 3 aromatic rings. The second-order valence-electron chi connectivity index (χ2n) is 6.93. The van der Waals surface area contributed by atoms with Gasteiger partial charge in [0, 0.05) is 12.5 Å². The average molecular weight is 319 g/mol. The first kappa shape index (κ1) is 15.4. The highest BCUT2D eigenvalue weighted by Crippen LogP contribution is 2.27. The number of piperidine rings is 1. The number of benzene rings is 2. The molecule has 2 heterocycles. The van der Waals surface area contributed by atoms with E-state index >= 15 is 0 Å². The molecule has 0 bridgehead atoms. The number of fused-ring (bicyclic) bond motifs is 1. The lowest BCUT2D eigenvalue weighted by Crippen LogP contribution is -2.34. The maximum Gasteiger partial charge on any atom is 0.110 e. The van der Waals surface area contributed by atoms with Gasteiger partial charge >= 0.3 is 0 Å². The van der Waals surface area contributed by atoms with Gasteiger partial charge in [-0.1, -0.05) is 36.4 Å². The van der Waals surface area contributed by atoms with Gasteiger partial charge in [0.15, 0.2) is 0 Å². The summed E-state index contributed by atoms with van der Waals surface area (Å²) in [6, 6.07) is 17.1. The standard InChI is InChI=1S/C21H25N3/c1-16-6-2-3-7-17(16)10-13-24-14-11-18(12-15-24)21-22-19-8-4-5-9-20(19)23-21/h2-9,18H,10-15H2,1H3,(H,22,23). The first-order valence-electron chi connectivity index (χ1n) is 9.01. The zero-order valence-electron chi connectivity index (χ0n) is 14.3. The van der Waals surface area contributed by atoms with Gasteiger partial charge < -0.3 is 9.88 Å². The fourth-order valence-electron chi connectivity index (χ4n) is 3.77. The van der Waals surface area contributed by atoms with Crippen molar-refractivity contribution < 1.29 is 0 Å². The Balaban J connectivity index is 1.34. The van der Waals surface area contributed by atoms with E-state index in [1.54, 1.807) is 0 Å². The number of rotatable bonds is 4. The minimum atomic E-state index is 0.576. The molecule has 124 valence electrons. The normalized spacial score (nSPS) is 16.7. The summed E-state index contributed by atoms with van der Waals surface area (Å²) in [5, 5.41) is 0. The number of nitrogens with zero attached hydrogens (tertiary/aromatic N) is 2. The van der Waals surface area contributed by atoms with Crippen LogP contribution in [0.3, 0.4) is 0 Å². The van der Waals surface area contributed by atoms with Crippen molar-refractivity contribution in [2.24, 2.45) is 0 Å². The van der Waals surface area contributed by atoms with Gasteiger partial charge in [0.1, 0.15) is 5.82 Å². The largest absolute Gasteiger partial charge is 0.342 e. The van der Waals surface area contributed by atoms with Crippen molar-refractivity contribution in [1.82, 2.24) is 14.9 Å². The maximum absolute atomic E-state index is 4.79. The van der Waals surface area contributed by atoms with Crippen molar-refractivity contribution in [2.75, 3.05) is 19.6 Å². The molecule has 0 radical (unpaired) electrons. The third-order valence-electron chi connectivity index (χ3n) is 5.34. The van der Waals surface area contributed by atoms with Crippen LogP contribution >= 0.6 is 0 Å². The van der Waals surface area contributed by atoms with Crippen molar-refractivity contribution in [3.05, 3.63) is 65.5 Å². The number of aromatic nitrogens is 2. The third kappa shape index (κ3) is 3.22. The summed E-state index contributed by atoms with van der Waals surface area (Å²) >= 11 is 0. The Kier molecular flexibility index (Phi) is 4.35. The zero-order chi connectivity index (χ0) is 16.4. The second-order valence-corrected chi connectivity index (χ2v) is 6.93. The van der Waals surface area contributed by atoms with Crippen molar-refractivity contribution >= 4 is 11.0 Å². The molecule has 0 saturated carbocycles. The Labute approximate surface area is 143 Å². The topological polar surface area (TPSA) is 31.9 Å². The van der Waals surface area contributed by atoms with E-state index in [0.717, 1.165) is 24.0 Å². The Morgan fingerprint density at radius 3 is 2.58 bits per heavy atom. The van der Waals surface area contributed by atoms with Gasteiger partial charge in [-0.2, -0.15) is 0 Å². The molecule has 2 aromatic carbocycles. The summed E-state index contributed by atoms with van der Waals surface area (Å²) < 4.78 is 0. The summed E-state index contributed by atoms with van der Waals surface area (Å²) in [5.41, 5.74) is 5.15. The van der Waals surface area contributed by atoms with E-state index in [1.165, 1.54) is 42.9 Å². The number of para-hydroxylation sites is 2. The molecular weight excluding hydrogens is 294 g/mol. The van der Waals surface area contributed by atoms with E-state index in [1.807, 2.05) is 0 Å². The minimum absolute atomic E-state index is 0.576. The van der Waals surface area contributed by atoms with Crippen LogP contribution in [0.15, 0.2) is 48.5 Å². The molecule has 4 rings (SSSR count). The molecule has 0 spiro atoms.